The minimum Gasteiger partial charge on any atom is -0.370 e. The molecule has 14 heavy (non-hydrogen) atoms. The second kappa shape index (κ2) is 4.94. The van der Waals surface area contributed by atoms with E-state index in [2.05, 4.69) is 43.0 Å². The van der Waals surface area contributed by atoms with Crippen molar-refractivity contribution in [2.45, 2.75) is 40.0 Å². The van der Waals surface area contributed by atoms with Crippen molar-refractivity contribution in [3.63, 3.8) is 0 Å². The number of aromatic nitrogens is 2. The highest BCUT2D eigenvalue weighted by atomic mass is 15.0. The van der Waals surface area contributed by atoms with Crippen molar-refractivity contribution in [2.75, 3.05) is 11.9 Å². The van der Waals surface area contributed by atoms with Gasteiger partial charge in [0.15, 0.2) is 0 Å². The fourth-order valence-electron chi connectivity index (χ4n) is 1.59. The average molecular weight is 193 g/mol. The van der Waals surface area contributed by atoms with E-state index >= 15 is 0 Å². The van der Waals surface area contributed by atoms with E-state index in [0.717, 1.165) is 18.8 Å². The summed E-state index contributed by atoms with van der Waals surface area (Å²) < 4.78 is 0. The number of hydrogen-bond acceptors (Lipinski definition) is 3. The molecule has 1 N–H and O–H groups in total. The molecule has 0 aromatic carbocycles. The molecule has 0 unspecified atom stereocenters. The Hall–Kier alpha value is -1.12. The zero-order valence-corrected chi connectivity index (χ0v) is 9.46. The third kappa shape index (κ3) is 2.22. The average Bonchev–Trinajstić information content (AvgIpc) is 2.18. The van der Waals surface area contributed by atoms with Gasteiger partial charge in [0.25, 0.3) is 0 Å². The maximum absolute atomic E-state index is 4.34. The lowest BCUT2D eigenvalue weighted by molar-refractivity contribution is 0.789. The number of anilines is 1. The molecule has 0 radical (unpaired) electrons. The Morgan fingerprint density at radius 1 is 1.29 bits per heavy atom. The van der Waals surface area contributed by atoms with Crippen molar-refractivity contribution in [2.24, 2.45) is 0 Å². The van der Waals surface area contributed by atoms with E-state index in [1.807, 2.05) is 0 Å². The summed E-state index contributed by atoms with van der Waals surface area (Å²) in [6.07, 6.45) is 2.63. The molecule has 1 rings (SSSR count). The Kier molecular flexibility index (Phi) is 3.86. The first-order valence-corrected chi connectivity index (χ1v) is 5.28. The van der Waals surface area contributed by atoms with Gasteiger partial charge in [0.2, 0.25) is 0 Å². The maximum Gasteiger partial charge on any atom is 0.132 e. The van der Waals surface area contributed by atoms with Crippen LogP contribution in [0.25, 0.3) is 0 Å². The molecule has 3 nitrogen and oxygen atoms in total. The third-order valence-electron chi connectivity index (χ3n) is 2.22. The summed E-state index contributed by atoms with van der Waals surface area (Å²) in [4.78, 5) is 8.60. The highest BCUT2D eigenvalue weighted by molar-refractivity contribution is 5.46. The van der Waals surface area contributed by atoms with Crippen LogP contribution < -0.4 is 5.32 Å². The molecule has 0 aliphatic carbocycles. The normalized spacial score (nSPS) is 10.6. The molecule has 0 bridgehead atoms. The molecule has 1 aromatic heterocycles. The monoisotopic (exact) mass is 193 g/mol. The molecule has 0 saturated heterocycles. The van der Waals surface area contributed by atoms with Crippen LogP contribution in [-0.2, 0) is 6.42 Å². The van der Waals surface area contributed by atoms with Crippen molar-refractivity contribution < 1.29 is 0 Å². The number of hydrogen-bond donors (Lipinski definition) is 1. The van der Waals surface area contributed by atoms with Gasteiger partial charge in [-0.1, -0.05) is 20.8 Å². The van der Waals surface area contributed by atoms with Gasteiger partial charge in [-0.05, 0) is 19.3 Å². The van der Waals surface area contributed by atoms with E-state index < -0.39 is 0 Å². The molecule has 1 aromatic rings. The van der Waals surface area contributed by atoms with Crippen LogP contribution in [0.1, 0.15) is 44.9 Å². The zero-order chi connectivity index (χ0) is 10.6. The Bertz CT molecular complexity index is 295. The van der Waals surface area contributed by atoms with Crippen LogP contribution in [0.2, 0.25) is 0 Å². The van der Waals surface area contributed by atoms with Crippen molar-refractivity contribution >= 4 is 5.82 Å². The van der Waals surface area contributed by atoms with Crippen molar-refractivity contribution in [3.05, 3.63) is 17.6 Å². The summed E-state index contributed by atoms with van der Waals surface area (Å²) in [6, 6.07) is 0. The van der Waals surface area contributed by atoms with Crippen LogP contribution in [0, 0.1) is 0 Å². The molecule has 78 valence electrons. The van der Waals surface area contributed by atoms with Crippen LogP contribution in [-0.4, -0.2) is 16.5 Å². The predicted octanol–water partition coefficient (Wildman–Crippen LogP) is 2.59. The van der Waals surface area contributed by atoms with Crippen molar-refractivity contribution in [3.8, 4) is 0 Å². The third-order valence-corrected chi connectivity index (χ3v) is 2.22. The van der Waals surface area contributed by atoms with Crippen molar-refractivity contribution in [1.82, 2.24) is 9.97 Å². The highest BCUT2D eigenvalue weighted by Crippen LogP contribution is 2.22. The molecule has 0 aliphatic heterocycles. The number of nitrogens with one attached hydrogen (secondary N) is 1. The fraction of sp³-hybridized carbons (Fsp3) is 0.636. The first-order chi connectivity index (χ1) is 6.70. The minimum absolute atomic E-state index is 0.463. The van der Waals surface area contributed by atoms with E-state index in [1.165, 1.54) is 11.3 Å². The fourth-order valence-corrected chi connectivity index (χ4v) is 1.59. The summed E-state index contributed by atoms with van der Waals surface area (Å²) in [5.74, 6) is 1.46. The van der Waals surface area contributed by atoms with Crippen LogP contribution in [0.5, 0.6) is 0 Å². The molecule has 0 atom stereocenters. The number of rotatable bonds is 4. The van der Waals surface area contributed by atoms with Crippen LogP contribution >= 0.6 is 0 Å². The Morgan fingerprint density at radius 2 is 2.00 bits per heavy atom. The van der Waals surface area contributed by atoms with Gasteiger partial charge in [-0.15, -0.1) is 0 Å². The Morgan fingerprint density at radius 3 is 2.50 bits per heavy atom. The SMILES string of the molecule is CCNc1ncnc(C(C)C)c1CC. The summed E-state index contributed by atoms with van der Waals surface area (Å²) >= 11 is 0. The molecule has 0 amide bonds. The van der Waals surface area contributed by atoms with E-state index in [1.54, 1.807) is 6.33 Å². The molecule has 0 fully saturated rings. The zero-order valence-electron chi connectivity index (χ0n) is 9.46. The minimum atomic E-state index is 0.463. The van der Waals surface area contributed by atoms with Crippen molar-refractivity contribution in [1.29, 1.82) is 0 Å². The van der Waals surface area contributed by atoms with Crippen LogP contribution in [0.15, 0.2) is 6.33 Å². The smallest absolute Gasteiger partial charge is 0.132 e. The molecular formula is C11H19N3. The summed E-state index contributed by atoms with van der Waals surface area (Å²) in [6.45, 7) is 9.46. The molecular weight excluding hydrogens is 174 g/mol. The summed E-state index contributed by atoms with van der Waals surface area (Å²) in [5, 5.41) is 3.27. The second-order valence-corrected chi connectivity index (χ2v) is 3.62. The Balaban J connectivity index is 3.11. The van der Waals surface area contributed by atoms with Gasteiger partial charge < -0.3 is 5.32 Å². The summed E-state index contributed by atoms with van der Waals surface area (Å²) in [7, 11) is 0. The van der Waals surface area contributed by atoms with Gasteiger partial charge in [-0.2, -0.15) is 0 Å². The van der Waals surface area contributed by atoms with Crippen LogP contribution in [0.3, 0.4) is 0 Å². The first-order valence-electron chi connectivity index (χ1n) is 5.28. The van der Waals surface area contributed by atoms with E-state index in [9.17, 15) is 0 Å². The standard InChI is InChI=1S/C11H19N3/c1-5-9-10(8(3)4)13-7-14-11(9)12-6-2/h7-8H,5-6H2,1-4H3,(H,12,13,14). The lowest BCUT2D eigenvalue weighted by atomic mass is 10.0. The van der Waals surface area contributed by atoms with E-state index in [4.69, 9.17) is 0 Å². The Labute approximate surface area is 86.0 Å². The predicted molar refractivity (Wildman–Crippen MR) is 59.7 cm³/mol. The van der Waals surface area contributed by atoms with Gasteiger partial charge in [0.05, 0.1) is 5.69 Å². The van der Waals surface area contributed by atoms with E-state index in [-0.39, 0.29) is 0 Å². The van der Waals surface area contributed by atoms with Gasteiger partial charge in [0, 0.05) is 12.1 Å². The number of nitrogens with zero attached hydrogens (tertiary/aromatic N) is 2. The first kappa shape index (κ1) is 11.0. The maximum atomic E-state index is 4.34. The second-order valence-electron chi connectivity index (χ2n) is 3.62. The topological polar surface area (TPSA) is 37.8 Å². The molecule has 0 spiro atoms. The lowest BCUT2D eigenvalue weighted by Crippen LogP contribution is -2.08. The highest BCUT2D eigenvalue weighted by Gasteiger charge is 2.11. The van der Waals surface area contributed by atoms with Gasteiger partial charge in [-0.3, -0.25) is 0 Å². The molecule has 0 saturated carbocycles. The molecule has 1 heterocycles. The van der Waals surface area contributed by atoms with Gasteiger partial charge in [-0.25, -0.2) is 9.97 Å². The largest absolute Gasteiger partial charge is 0.370 e. The quantitative estimate of drug-likeness (QED) is 0.798. The van der Waals surface area contributed by atoms with Gasteiger partial charge >= 0.3 is 0 Å². The van der Waals surface area contributed by atoms with Crippen LogP contribution in [0.4, 0.5) is 5.82 Å². The molecule has 3 heteroatoms. The molecule has 0 aliphatic rings. The summed E-state index contributed by atoms with van der Waals surface area (Å²) in [5.41, 5.74) is 2.42. The van der Waals surface area contributed by atoms with E-state index in [0.29, 0.717) is 5.92 Å². The van der Waals surface area contributed by atoms with Gasteiger partial charge in [0.1, 0.15) is 12.1 Å². The lowest BCUT2D eigenvalue weighted by Gasteiger charge is -2.14.